The number of rotatable bonds is 4. The van der Waals surface area contributed by atoms with Gasteiger partial charge in [0.05, 0.1) is 13.2 Å². The van der Waals surface area contributed by atoms with Crippen LogP contribution in [0.3, 0.4) is 0 Å². The summed E-state index contributed by atoms with van der Waals surface area (Å²) in [5.74, 6) is 1.33. The topological polar surface area (TPSA) is 85.9 Å². The van der Waals surface area contributed by atoms with Gasteiger partial charge in [-0.2, -0.15) is 0 Å². The molecule has 0 aliphatic carbocycles. The van der Waals surface area contributed by atoms with Crippen LogP contribution in [0.1, 0.15) is 17.6 Å². The van der Waals surface area contributed by atoms with Gasteiger partial charge in [-0.15, -0.1) is 0 Å². The van der Waals surface area contributed by atoms with Crippen molar-refractivity contribution in [1.82, 2.24) is 9.47 Å². The van der Waals surface area contributed by atoms with Gasteiger partial charge in [-0.1, -0.05) is 0 Å². The number of amides is 2. The van der Waals surface area contributed by atoms with E-state index in [0.717, 1.165) is 0 Å². The van der Waals surface area contributed by atoms with E-state index in [4.69, 9.17) is 13.9 Å². The number of furan rings is 1. The minimum atomic E-state index is -0.328. The number of nitrogens with zero attached hydrogens (tertiary/aromatic N) is 2. The van der Waals surface area contributed by atoms with Crippen molar-refractivity contribution in [2.24, 2.45) is 7.05 Å². The highest BCUT2D eigenvalue weighted by atomic mass is 16.5. The van der Waals surface area contributed by atoms with Crippen LogP contribution in [0.2, 0.25) is 0 Å². The number of urea groups is 1. The lowest BCUT2D eigenvalue weighted by molar-refractivity contribution is 0.00636. The lowest BCUT2D eigenvalue weighted by Gasteiger charge is -2.34. The molecular weight excluding hydrogens is 326 g/mol. The molecule has 1 atom stereocenters. The molecule has 1 fully saturated rings. The molecule has 8 heteroatoms. The Kier molecular flexibility index (Phi) is 5.20. The van der Waals surface area contributed by atoms with Crippen molar-refractivity contribution < 1.29 is 18.7 Å². The molecule has 0 spiro atoms. The van der Waals surface area contributed by atoms with Crippen LogP contribution in [-0.2, 0) is 23.1 Å². The summed E-state index contributed by atoms with van der Waals surface area (Å²) in [5, 5.41) is 2.76. The molecule has 2 amide bonds. The molecule has 0 radical (unpaired) electrons. The van der Waals surface area contributed by atoms with Crippen LogP contribution in [-0.4, -0.2) is 42.4 Å². The van der Waals surface area contributed by atoms with Crippen molar-refractivity contribution in [3.05, 3.63) is 52.3 Å². The van der Waals surface area contributed by atoms with E-state index in [0.29, 0.717) is 43.6 Å². The van der Waals surface area contributed by atoms with Gasteiger partial charge in [-0.05, 0) is 18.2 Å². The highest BCUT2D eigenvalue weighted by molar-refractivity contribution is 5.89. The second kappa shape index (κ2) is 7.54. The van der Waals surface area contributed by atoms with E-state index < -0.39 is 0 Å². The third-order valence-corrected chi connectivity index (χ3v) is 4.04. The van der Waals surface area contributed by atoms with Crippen molar-refractivity contribution >= 4 is 11.7 Å². The van der Waals surface area contributed by atoms with E-state index in [-0.39, 0.29) is 17.6 Å². The zero-order valence-corrected chi connectivity index (χ0v) is 14.2. The van der Waals surface area contributed by atoms with Gasteiger partial charge in [0.2, 0.25) is 0 Å². The number of anilines is 1. The Balaban J connectivity index is 1.76. The normalized spacial score (nSPS) is 17.5. The second-order valence-corrected chi connectivity index (χ2v) is 5.82. The first kappa shape index (κ1) is 17.2. The highest BCUT2D eigenvalue weighted by Gasteiger charge is 2.31. The number of carbonyl (C=O) groups excluding carboxylic acids is 1. The van der Waals surface area contributed by atoms with Crippen LogP contribution in [0.4, 0.5) is 10.5 Å². The van der Waals surface area contributed by atoms with Gasteiger partial charge in [0.15, 0.2) is 0 Å². The monoisotopic (exact) mass is 347 g/mol. The highest BCUT2D eigenvalue weighted by Crippen LogP contribution is 2.27. The quantitative estimate of drug-likeness (QED) is 0.910. The summed E-state index contributed by atoms with van der Waals surface area (Å²) in [6, 6.07) is 6.09. The fourth-order valence-corrected chi connectivity index (χ4v) is 2.70. The summed E-state index contributed by atoms with van der Waals surface area (Å²) in [6.07, 6.45) is 1.61. The summed E-state index contributed by atoms with van der Waals surface area (Å²) in [6.45, 7) is 1.60. The Hall–Kier alpha value is -2.58. The Morgan fingerprint density at radius 1 is 1.40 bits per heavy atom. The molecule has 0 bridgehead atoms. The first-order valence-electron chi connectivity index (χ1n) is 7.98. The fourth-order valence-electron chi connectivity index (χ4n) is 2.70. The molecule has 0 saturated carbocycles. The van der Waals surface area contributed by atoms with Crippen LogP contribution in [0.5, 0.6) is 0 Å². The van der Waals surface area contributed by atoms with Crippen molar-refractivity contribution in [3.63, 3.8) is 0 Å². The predicted molar refractivity (Wildman–Crippen MR) is 90.4 cm³/mol. The number of nitrogens with one attached hydrogen (secondary N) is 1. The molecule has 25 heavy (non-hydrogen) atoms. The maximum Gasteiger partial charge on any atom is 0.322 e. The van der Waals surface area contributed by atoms with Crippen molar-refractivity contribution in [2.75, 3.05) is 32.2 Å². The molecule has 1 N–H and O–H groups in total. The van der Waals surface area contributed by atoms with Gasteiger partial charge in [-0.3, -0.25) is 4.79 Å². The third-order valence-electron chi connectivity index (χ3n) is 4.04. The molecule has 2 aromatic heterocycles. The summed E-state index contributed by atoms with van der Waals surface area (Å²) in [4.78, 5) is 26.0. The lowest BCUT2D eigenvalue weighted by atomic mass is 10.2. The number of hydrogen-bond donors (Lipinski definition) is 1. The zero-order valence-electron chi connectivity index (χ0n) is 14.2. The Bertz CT molecular complexity index is 798. The minimum Gasteiger partial charge on any atom is -0.461 e. The summed E-state index contributed by atoms with van der Waals surface area (Å²) >= 11 is 0. The summed E-state index contributed by atoms with van der Waals surface area (Å²) < 4.78 is 17.7. The molecule has 1 aliphatic heterocycles. The van der Waals surface area contributed by atoms with E-state index in [2.05, 4.69) is 5.32 Å². The first-order chi connectivity index (χ1) is 12.1. The largest absolute Gasteiger partial charge is 0.461 e. The van der Waals surface area contributed by atoms with Crippen LogP contribution >= 0.6 is 0 Å². The number of hydrogen-bond acceptors (Lipinski definition) is 5. The molecule has 3 rings (SSSR count). The number of methoxy groups -OCH3 is 1. The number of ether oxygens (including phenoxy) is 2. The standard InChI is InChI=1S/C17H21N3O5/c1-19-6-5-12(9-16(19)21)18-17(22)20-7-8-24-11-14(20)15-4-3-13(25-15)10-23-2/h3-6,9,14H,7-8,10-11H2,1-2H3,(H,18,22). The molecule has 0 aromatic carbocycles. The third kappa shape index (κ3) is 3.92. The van der Waals surface area contributed by atoms with Gasteiger partial charge in [0.25, 0.3) is 5.56 Å². The molecule has 1 saturated heterocycles. The van der Waals surface area contributed by atoms with E-state index in [9.17, 15) is 9.59 Å². The summed E-state index contributed by atoms with van der Waals surface area (Å²) in [5.41, 5.74) is 0.268. The average Bonchev–Trinajstić information content (AvgIpc) is 3.07. The van der Waals surface area contributed by atoms with E-state index in [1.165, 1.54) is 10.6 Å². The van der Waals surface area contributed by atoms with Gasteiger partial charge < -0.3 is 28.7 Å². The Morgan fingerprint density at radius 2 is 2.24 bits per heavy atom. The molecule has 134 valence electrons. The maximum atomic E-state index is 12.7. The lowest BCUT2D eigenvalue weighted by Crippen LogP contribution is -2.45. The minimum absolute atomic E-state index is 0.188. The SMILES string of the molecule is COCc1ccc(C2COCCN2C(=O)Nc2ccn(C)c(=O)c2)o1. The van der Waals surface area contributed by atoms with Crippen LogP contribution in [0.15, 0.2) is 39.7 Å². The molecule has 2 aromatic rings. The molecule has 1 unspecified atom stereocenters. The van der Waals surface area contributed by atoms with Crippen LogP contribution in [0.25, 0.3) is 0 Å². The second-order valence-electron chi connectivity index (χ2n) is 5.82. The molecule has 3 heterocycles. The van der Waals surface area contributed by atoms with Gasteiger partial charge in [0, 0.05) is 38.7 Å². The number of morpholine rings is 1. The van der Waals surface area contributed by atoms with Crippen molar-refractivity contribution in [1.29, 1.82) is 0 Å². The van der Waals surface area contributed by atoms with E-state index in [1.54, 1.807) is 31.3 Å². The maximum absolute atomic E-state index is 12.7. The average molecular weight is 347 g/mol. The van der Waals surface area contributed by atoms with Crippen molar-refractivity contribution in [3.8, 4) is 0 Å². The fraction of sp³-hybridized carbons (Fsp3) is 0.412. The number of aryl methyl sites for hydroxylation is 1. The number of pyridine rings is 1. The van der Waals surface area contributed by atoms with Gasteiger partial charge in [-0.25, -0.2) is 4.79 Å². The summed E-state index contributed by atoms with van der Waals surface area (Å²) in [7, 11) is 3.25. The Morgan fingerprint density at radius 3 is 3.00 bits per heavy atom. The first-order valence-corrected chi connectivity index (χ1v) is 7.98. The number of carbonyl (C=O) groups is 1. The predicted octanol–water partition coefficient (Wildman–Crippen LogP) is 1.73. The van der Waals surface area contributed by atoms with Gasteiger partial charge in [0.1, 0.15) is 24.2 Å². The Labute approximate surface area is 144 Å². The smallest absolute Gasteiger partial charge is 0.322 e. The van der Waals surface area contributed by atoms with E-state index >= 15 is 0 Å². The van der Waals surface area contributed by atoms with Crippen molar-refractivity contribution in [2.45, 2.75) is 12.6 Å². The number of aromatic nitrogens is 1. The molecular formula is C17H21N3O5. The molecule has 8 nitrogen and oxygen atoms in total. The van der Waals surface area contributed by atoms with Crippen LogP contribution < -0.4 is 10.9 Å². The molecule has 1 aliphatic rings. The van der Waals surface area contributed by atoms with E-state index in [1.807, 2.05) is 12.1 Å². The zero-order chi connectivity index (χ0) is 17.8. The van der Waals surface area contributed by atoms with Crippen LogP contribution in [0, 0.1) is 0 Å². The van der Waals surface area contributed by atoms with Gasteiger partial charge >= 0.3 is 6.03 Å².